The highest BCUT2D eigenvalue weighted by Crippen LogP contribution is 2.37. The molecule has 2 aromatic rings. The number of halogens is 1. The van der Waals surface area contributed by atoms with Gasteiger partial charge in [-0.05, 0) is 55.0 Å². The average molecular weight is 466 g/mol. The quantitative estimate of drug-likeness (QED) is 0.392. The first-order valence-electron chi connectivity index (χ1n) is 12.8. The molecule has 1 heterocycles. The Balaban J connectivity index is 1.52. The molecule has 1 fully saturated rings. The van der Waals surface area contributed by atoms with Crippen molar-refractivity contribution >= 4 is 0 Å². The SMILES string of the molecule is CCCC(CCC(C#N)(c1ccccc1)C(C)C)N1CCN(CCOc2ccc(F)cc2)CC1. The number of rotatable bonds is 12. The third kappa shape index (κ3) is 6.81. The average Bonchev–Trinajstić information content (AvgIpc) is 2.86. The lowest BCUT2D eigenvalue weighted by atomic mass is 9.69. The standard InChI is InChI=1S/C29H40FN3O/c1-4-8-27(15-16-29(23-31,24(2)3)25-9-6-5-7-10-25)33-19-17-32(18-20-33)21-22-34-28-13-11-26(30)12-14-28/h5-7,9-14,24,27H,4,8,15-22H2,1-3H3. The predicted molar refractivity (Wildman–Crippen MR) is 136 cm³/mol. The van der Waals surface area contributed by atoms with Crippen LogP contribution in [0.4, 0.5) is 4.39 Å². The Morgan fingerprint density at radius 2 is 1.68 bits per heavy atom. The molecule has 0 aromatic heterocycles. The zero-order chi connectivity index (χ0) is 24.4. The highest BCUT2D eigenvalue weighted by Gasteiger charge is 2.37. The van der Waals surface area contributed by atoms with E-state index in [-0.39, 0.29) is 11.7 Å². The molecule has 0 saturated carbocycles. The third-order valence-corrected chi connectivity index (χ3v) is 7.38. The number of nitriles is 1. The van der Waals surface area contributed by atoms with E-state index < -0.39 is 5.41 Å². The van der Waals surface area contributed by atoms with E-state index in [9.17, 15) is 9.65 Å². The number of benzene rings is 2. The van der Waals surface area contributed by atoms with Gasteiger partial charge in [-0.2, -0.15) is 5.26 Å². The van der Waals surface area contributed by atoms with Crippen LogP contribution in [0.1, 0.15) is 52.0 Å². The second-order valence-electron chi connectivity index (χ2n) is 9.77. The van der Waals surface area contributed by atoms with Crippen molar-refractivity contribution in [3.63, 3.8) is 0 Å². The van der Waals surface area contributed by atoms with Crippen molar-refractivity contribution in [3.8, 4) is 11.8 Å². The fourth-order valence-corrected chi connectivity index (χ4v) is 5.16. The summed E-state index contributed by atoms with van der Waals surface area (Å²) in [6.07, 6.45) is 4.26. The van der Waals surface area contributed by atoms with Crippen LogP contribution in [-0.2, 0) is 5.41 Å². The van der Waals surface area contributed by atoms with Gasteiger partial charge in [0.25, 0.3) is 0 Å². The van der Waals surface area contributed by atoms with E-state index in [0.29, 0.717) is 18.4 Å². The molecule has 2 aromatic carbocycles. The third-order valence-electron chi connectivity index (χ3n) is 7.38. The van der Waals surface area contributed by atoms with Crippen LogP contribution in [0.25, 0.3) is 0 Å². The Bertz CT molecular complexity index is 888. The second kappa shape index (κ2) is 12.9. The first-order valence-corrected chi connectivity index (χ1v) is 12.8. The van der Waals surface area contributed by atoms with Gasteiger partial charge < -0.3 is 4.74 Å². The van der Waals surface area contributed by atoms with E-state index in [0.717, 1.165) is 57.5 Å². The highest BCUT2D eigenvalue weighted by molar-refractivity contribution is 5.33. The summed E-state index contributed by atoms with van der Waals surface area (Å²) in [6, 6.07) is 19.8. The molecule has 0 bridgehead atoms. The van der Waals surface area contributed by atoms with Gasteiger partial charge >= 0.3 is 0 Å². The summed E-state index contributed by atoms with van der Waals surface area (Å²) in [6.45, 7) is 12.3. The fraction of sp³-hybridized carbons (Fsp3) is 0.552. The number of nitrogens with zero attached hydrogens (tertiary/aromatic N) is 3. The topological polar surface area (TPSA) is 39.5 Å². The van der Waals surface area contributed by atoms with Crippen LogP contribution in [0.3, 0.4) is 0 Å². The molecule has 1 aliphatic heterocycles. The second-order valence-corrected chi connectivity index (χ2v) is 9.77. The molecular weight excluding hydrogens is 425 g/mol. The molecule has 0 spiro atoms. The molecule has 3 rings (SSSR count). The van der Waals surface area contributed by atoms with Crippen molar-refractivity contribution in [1.82, 2.24) is 9.80 Å². The van der Waals surface area contributed by atoms with Crippen molar-refractivity contribution in [1.29, 1.82) is 5.26 Å². The monoisotopic (exact) mass is 465 g/mol. The number of ether oxygens (including phenoxy) is 1. The van der Waals surface area contributed by atoms with Gasteiger partial charge in [0, 0.05) is 38.8 Å². The van der Waals surface area contributed by atoms with E-state index >= 15 is 0 Å². The van der Waals surface area contributed by atoms with Gasteiger partial charge in [-0.15, -0.1) is 0 Å². The lowest BCUT2D eigenvalue weighted by Gasteiger charge is -2.41. The van der Waals surface area contributed by atoms with Gasteiger partial charge in [-0.3, -0.25) is 9.80 Å². The summed E-state index contributed by atoms with van der Waals surface area (Å²) < 4.78 is 18.8. The zero-order valence-corrected chi connectivity index (χ0v) is 21.0. The smallest absolute Gasteiger partial charge is 0.123 e. The van der Waals surface area contributed by atoms with Crippen LogP contribution in [0.15, 0.2) is 54.6 Å². The zero-order valence-electron chi connectivity index (χ0n) is 21.0. The van der Waals surface area contributed by atoms with Crippen molar-refractivity contribution in [2.24, 2.45) is 5.92 Å². The molecule has 2 atom stereocenters. The van der Waals surface area contributed by atoms with Crippen molar-refractivity contribution < 1.29 is 9.13 Å². The predicted octanol–water partition coefficient (Wildman–Crippen LogP) is 5.89. The summed E-state index contributed by atoms with van der Waals surface area (Å²) >= 11 is 0. The maximum absolute atomic E-state index is 13.0. The van der Waals surface area contributed by atoms with E-state index in [1.165, 1.54) is 18.6 Å². The van der Waals surface area contributed by atoms with Crippen molar-refractivity contribution in [2.75, 3.05) is 39.3 Å². The minimum absolute atomic E-state index is 0.241. The summed E-state index contributed by atoms with van der Waals surface area (Å²) in [5.41, 5.74) is 0.709. The summed E-state index contributed by atoms with van der Waals surface area (Å²) in [7, 11) is 0. The molecular formula is C29H40FN3O. The first kappa shape index (κ1) is 26.2. The molecule has 0 amide bonds. The highest BCUT2D eigenvalue weighted by atomic mass is 19.1. The van der Waals surface area contributed by atoms with Crippen LogP contribution < -0.4 is 4.74 Å². The van der Waals surface area contributed by atoms with Crippen LogP contribution >= 0.6 is 0 Å². The lowest BCUT2D eigenvalue weighted by molar-refractivity contribution is 0.0757. The summed E-state index contributed by atoms with van der Waals surface area (Å²) in [5.74, 6) is 0.738. The molecule has 34 heavy (non-hydrogen) atoms. The van der Waals surface area contributed by atoms with Crippen molar-refractivity contribution in [3.05, 3.63) is 66.0 Å². The molecule has 0 N–H and O–H groups in total. The Hall–Kier alpha value is -2.42. The maximum Gasteiger partial charge on any atom is 0.123 e. The minimum atomic E-state index is -0.438. The van der Waals surface area contributed by atoms with Gasteiger partial charge in [0.15, 0.2) is 0 Å². The van der Waals surface area contributed by atoms with Gasteiger partial charge in [0.05, 0.1) is 11.5 Å². The molecule has 0 aliphatic carbocycles. The van der Waals surface area contributed by atoms with E-state index in [2.05, 4.69) is 48.8 Å². The van der Waals surface area contributed by atoms with Gasteiger partial charge in [0.1, 0.15) is 18.2 Å². The van der Waals surface area contributed by atoms with E-state index in [1.807, 2.05) is 18.2 Å². The summed E-state index contributed by atoms with van der Waals surface area (Å²) in [4.78, 5) is 5.08. The fourth-order valence-electron chi connectivity index (χ4n) is 5.16. The molecule has 5 heteroatoms. The maximum atomic E-state index is 13.0. The Morgan fingerprint density at radius 1 is 1.00 bits per heavy atom. The molecule has 0 radical (unpaired) electrons. The molecule has 4 nitrogen and oxygen atoms in total. The Kier molecular flexibility index (Phi) is 9.92. The summed E-state index contributed by atoms with van der Waals surface area (Å²) in [5, 5.41) is 10.3. The van der Waals surface area contributed by atoms with Gasteiger partial charge in [-0.25, -0.2) is 4.39 Å². The van der Waals surface area contributed by atoms with E-state index in [1.54, 1.807) is 12.1 Å². The number of hydrogen-bond acceptors (Lipinski definition) is 4. The molecule has 1 saturated heterocycles. The molecule has 2 unspecified atom stereocenters. The van der Waals surface area contributed by atoms with Crippen LogP contribution in [-0.4, -0.2) is 55.2 Å². The van der Waals surface area contributed by atoms with Gasteiger partial charge in [-0.1, -0.05) is 57.5 Å². The van der Waals surface area contributed by atoms with Crippen molar-refractivity contribution in [2.45, 2.75) is 57.9 Å². The normalized spacial score (nSPS) is 17.8. The number of piperazine rings is 1. The largest absolute Gasteiger partial charge is 0.492 e. The molecule has 184 valence electrons. The molecule has 1 aliphatic rings. The van der Waals surface area contributed by atoms with E-state index in [4.69, 9.17) is 4.74 Å². The van der Waals surface area contributed by atoms with Gasteiger partial charge in [0.2, 0.25) is 0 Å². The Morgan fingerprint density at radius 3 is 2.26 bits per heavy atom. The van der Waals surface area contributed by atoms with Crippen LogP contribution in [0, 0.1) is 23.1 Å². The number of hydrogen-bond donors (Lipinski definition) is 0. The first-order chi connectivity index (χ1) is 16.5. The Labute approximate surface area is 205 Å². The minimum Gasteiger partial charge on any atom is -0.492 e. The lowest BCUT2D eigenvalue weighted by Crippen LogP contribution is -2.51. The van der Waals surface area contributed by atoms with Crippen LogP contribution in [0.2, 0.25) is 0 Å². The van der Waals surface area contributed by atoms with Crippen LogP contribution in [0.5, 0.6) is 5.75 Å².